The summed E-state index contributed by atoms with van der Waals surface area (Å²) in [5.41, 5.74) is 4.34. The fraction of sp³-hybridized carbons (Fsp3) is 0.238. The van der Waals surface area contributed by atoms with Crippen LogP contribution < -0.4 is 10.1 Å². The number of pyridine rings is 1. The van der Waals surface area contributed by atoms with Crippen molar-refractivity contribution in [3.63, 3.8) is 0 Å². The monoisotopic (exact) mass is 362 g/mol. The van der Waals surface area contributed by atoms with E-state index in [9.17, 15) is 4.79 Å². The maximum Gasteiger partial charge on any atom is 0.317 e. The van der Waals surface area contributed by atoms with Gasteiger partial charge in [0.15, 0.2) is 0 Å². The topological polar surface area (TPSA) is 70.2 Å². The minimum Gasteiger partial charge on any atom is -0.497 e. The number of urea groups is 1. The standard InChI is InChI=1S/C21H22N4O2/c1-27-17-5-2-4-15(12-17)13-24-21(26)25-10-7-16(8-11-25)19-14-23-20-18(19)6-3-9-22-20/h2-7,9,12,14H,8,10-11,13H2,1H3,(H,22,23)(H,24,26). The van der Waals surface area contributed by atoms with Crippen LogP contribution in [0.1, 0.15) is 17.5 Å². The van der Waals surface area contributed by atoms with Gasteiger partial charge in [0.05, 0.1) is 7.11 Å². The van der Waals surface area contributed by atoms with E-state index in [1.807, 2.05) is 41.4 Å². The van der Waals surface area contributed by atoms with Crippen LogP contribution in [0, 0.1) is 0 Å². The number of amides is 2. The highest BCUT2D eigenvalue weighted by Gasteiger charge is 2.19. The highest BCUT2D eigenvalue weighted by Crippen LogP contribution is 2.28. The second-order valence-electron chi connectivity index (χ2n) is 6.54. The average Bonchev–Trinajstić information content (AvgIpc) is 3.16. The van der Waals surface area contributed by atoms with Crippen LogP contribution in [0.25, 0.3) is 16.6 Å². The molecule has 0 radical (unpaired) electrons. The molecule has 0 atom stereocenters. The van der Waals surface area contributed by atoms with Gasteiger partial charge in [-0.25, -0.2) is 9.78 Å². The van der Waals surface area contributed by atoms with Gasteiger partial charge in [-0.15, -0.1) is 0 Å². The number of carbonyl (C=O) groups excluding carboxylic acids is 1. The molecule has 0 saturated heterocycles. The average molecular weight is 362 g/mol. The molecule has 6 heteroatoms. The number of hydrogen-bond acceptors (Lipinski definition) is 3. The second-order valence-corrected chi connectivity index (χ2v) is 6.54. The van der Waals surface area contributed by atoms with Crippen molar-refractivity contribution in [3.8, 4) is 5.75 Å². The third kappa shape index (κ3) is 3.65. The number of nitrogens with zero attached hydrogens (tertiary/aromatic N) is 2. The summed E-state index contributed by atoms with van der Waals surface area (Å²) in [6.07, 6.45) is 6.74. The van der Waals surface area contributed by atoms with E-state index in [1.165, 1.54) is 11.1 Å². The summed E-state index contributed by atoms with van der Waals surface area (Å²) < 4.78 is 5.22. The Bertz CT molecular complexity index is 993. The van der Waals surface area contributed by atoms with Gasteiger partial charge in [-0.05, 0) is 41.8 Å². The molecule has 1 aliphatic rings. The lowest BCUT2D eigenvalue weighted by atomic mass is 10.00. The van der Waals surface area contributed by atoms with Gasteiger partial charge < -0.3 is 19.9 Å². The van der Waals surface area contributed by atoms with E-state index >= 15 is 0 Å². The lowest BCUT2D eigenvalue weighted by Crippen LogP contribution is -2.41. The first-order valence-corrected chi connectivity index (χ1v) is 9.02. The number of fused-ring (bicyclic) bond motifs is 1. The highest BCUT2D eigenvalue weighted by molar-refractivity contribution is 5.91. The van der Waals surface area contributed by atoms with Gasteiger partial charge in [-0.1, -0.05) is 18.2 Å². The zero-order valence-electron chi connectivity index (χ0n) is 15.2. The molecule has 138 valence electrons. The van der Waals surface area contributed by atoms with E-state index in [1.54, 1.807) is 13.3 Å². The molecular formula is C21H22N4O2. The predicted molar refractivity (Wildman–Crippen MR) is 105 cm³/mol. The summed E-state index contributed by atoms with van der Waals surface area (Å²) in [4.78, 5) is 21.9. The first-order valence-electron chi connectivity index (χ1n) is 9.02. The van der Waals surface area contributed by atoms with Crippen LogP contribution in [0.15, 0.2) is 54.9 Å². The normalized spacial score (nSPS) is 14.1. The lowest BCUT2D eigenvalue weighted by Gasteiger charge is -2.26. The van der Waals surface area contributed by atoms with Crippen molar-refractivity contribution in [1.29, 1.82) is 0 Å². The van der Waals surface area contributed by atoms with Gasteiger partial charge in [-0.2, -0.15) is 0 Å². The van der Waals surface area contributed by atoms with Gasteiger partial charge in [0.1, 0.15) is 11.4 Å². The van der Waals surface area contributed by atoms with Crippen molar-refractivity contribution < 1.29 is 9.53 Å². The lowest BCUT2D eigenvalue weighted by molar-refractivity contribution is 0.202. The van der Waals surface area contributed by atoms with Gasteiger partial charge in [0.25, 0.3) is 0 Å². The van der Waals surface area contributed by atoms with Gasteiger partial charge >= 0.3 is 6.03 Å². The summed E-state index contributed by atoms with van der Waals surface area (Å²) >= 11 is 0. The van der Waals surface area contributed by atoms with Crippen molar-refractivity contribution in [2.24, 2.45) is 0 Å². The molecule has 27 heavy (non-hydrogen) atoms. The van der Waals surface area contributed by atoms with Gasteiger partial charge in [0, 0.05) is 43.0 Å². The molecule has 0 spiro atoms. The smallest absolute Gasteiger partial charge is 0.317 e. The first-order chi connectivity index (χ1) is 13.2. The molecule has 2 aromatic heterocycles. The number of H-pyrrole nitrogens is 1. The van der Waals surface area contributed by atoms with Crippen LogP contribution in [0.5, 0.6) is 5.75 Å². The molecule has 2 N–H and O–H groups in total. The van der Waals surface area contributed by atoms with Crippen molar-refractivity contribution >= 4 is 22.6 Å². The van der Waals surface area contributed by atoms with Crippen LogP contribution in [0.3, 0.4) is 0 Å². The maximum atomic E-state index is 12.5. The molecule has 1 aliphatic heterocycles. The number of ether oxygens (including phenoxy) is 1. The Morgan fingerprint density at radius 1 is 1.33 bits per heavy atom. The zero-order chi connectivity index (χ0) is 18.6. The van der Waals surface area contributed by atoms with E-state index in [2.05, 4.69) is 27.4 Å². The van der Waals surface area contributed by atoms with E-state index in [-0.39, 0.29) is 6.03 Å². The molecule has 0 unspecified atom stereocenters. The van der Waals surface area contributed by atoms with E-state index in [0.717, 1.165) is 28.8 Å². The van der Waals surface area contributed by atoms with Crippen molar-refractivity contribution in [2.45, 2.75) is 13.0 Å². The molecule has 3 heterocycles. The van der Waals surface area contributed by atoms with Crippen LogP contribution in [0.2, 0.25) is 0 Å². The van der Waals surface area contributed by atoms with Crippen LogP contribution in [-0.4, -0.2) is 41.1 Å². The molecule has 1 aromatic carbocycles. The number of nitrogens with one attached hydrogen (secondary N) is 2. The van der Waals surface area contributed by atoms with Gasteiger partial charge in [-0.3, -0.25) is 0 Å². The third-order valence-electron chi connectivity index (χ3n) is 4.87. The Morgan fingerprint density at radius 2 is 2.26 bits per heavy atom. The molecule has 0 fully saturated rings. The quantitative estimate of drug-likeness (QED) is 0.745. The number of hydrogen-bond donors (Lipinski definition) is 2. The maximum absolute atomic E-state index is 12.5. The van der Waals surface area contributed by atoms with Crippen LogP contribution >= 0.6 is 0 Å². The highest BCUT2D eigenvalue weighted by atomic mass is 16.5. The first kappa shape index (κ1) is 17.1. The Kier molecular flexibility index (Phi) is 4.78. The minimum atomic E-state index is -0.0475. The number of benzene rings is 1. The summed E-state index contributed by atoms with van der Waals surface area (Å²) in [5, 5.41) is 4.11. The largest absolute Gasteiger partial charge is 0.497 e. The number of aromatic amines is 1. The van der Waals surface area contributed by atoms with Crippen LogP contribution in [0.4, 0.5) is 4.79 Å². The van der Waals surface area contributed by atoms with E-state index in [0.29, 0.717) is 19.6 Å². The Labute approximate surface area is 157 Å². The van der Waals surface area contributed by atoms with Gasteiger partial charge in [0.2, 0.25) is 0 Å². The molecule has 6 nitrogen and oxygen atoms in total. The fourth-order valence-electron chi connectivity index (χ4n) is 3.39. The minimum absolute atomic E-state index is 0.0475. The molecule has 0 saturated carbocycles. The molecular weight excluding hydrogens is 340 g/mol. The molecule has 0 aliphatic carbocycles. The number of rotatable bonds is 4. The number of aromatic nitrogens is 2. The van der Waals surface area contributed by atoms with Crippen molar-refractivity contribution in [1.82, 2.24) is 20.2 Å². The Morgan fingerprint density at radius 3 is 3.07 bits per heavy atom. The second kappa shape index (κ2) is 7.53. The molecule has 4 rings (SSSR count). The zero-order valence-corrected chi connectivity index (χ0v) is 15.2. The molecule has 3 aromatic rings. The third-order valence-corrected chi connectivity index (χ3v) is 4.87. The van der Waals surface area contributed by atoms with Crippen molar-refractivity contribution in [2.75, 3.05) is 20.2 Å². The molecule has 0 bridgehead atoms. The summed E-state index contributed by atoms with van der Waals surface area (Å²) in [5.74, 6) is 0.792. The van der Waals surface area contributed by atoms with E-state index in [4.69, 9.17) is 4.74 Å². The molecule has 2 amide bonds. The SMILES string of the molecule is COc1cccc(CNC(=O)N2CC=C(c3c[nH]c4ncccc34)CC2)c1. The number of methoxy groups -OCH3 is 1. The summed E-state index contributed by atoms with van der Waals surface area (Å²) in [7, 11) is 1.64. The summed E-state index contributed by atoms with van der Waals surface area (Å²) in [6.45, 7) is 1.78. The van der Waals surface area contributed by atoms with Crippen LogP contribution in [-0.2, 0) is 6.54 Å². The Hall–Kier alpha value is -3.28. The fourth-order valence-corrected chi connectivity index (χ4v) is 3.39. The Balaban J connectivity index is 1.38. The number of carbonyl (C=O) groups is 1. The van der Waals surface area contributed by atoms with Crippen molar-refractivity contribution in [3.05, 3.63) is 66.0 Å². The summed E-state index contributed by atoms with van der Waals surface area (Å²) in [6, 6.07) is 11.7. The predicted octanol–water partition coefficient (Wildman–Crippen LogP) is 3.57. The van der Waals surface area contributed by atoms with E-state index < -0.39 is 0 Å².